The fourth-order valence-electron chi connectivity index (χ4n) is 3.79. The number of fused-ring (bicyclic) bond motifs is 1. The molecule has 6 heteroatoms. The van der Waals surface area contributed by atoms with Crippen LogP contribution in [0.2, 0.25) is 0 Å². The number of nitrogens with one attached hydrogen (secondary N) is 1. The Balaban J connectivity index is 1.66. The van der Waals surface area contributed by atoms with Crippen LogP contribution in [0.3, 0.4) is 0 Å². The Labute approximate surface area is 170 Å². The molecule has 4 rings (SSSR count). The van der Waals surface area contributed by atoms with Gasteiger partial charge < -0.3 is 24.3 Å². The van der Waals surface area contributed by atoms with Gasteiger partial charge in [-0.2, -0.15) is 0 Å². The lowest BCUT2D eigenvalue weighted by molar-refractivity contribution is 0.181. The summed E-state index contributed by atoms with van der Waals surface area (Å²) in [5.74, 6) is 1.23. The minimum atomic E-state index is -0.161. The van der Waals surface area contributed by atoms with Crippen LogP contribution in [-0.2, 0) is 6.54 Å². The quantitative estimate of drug-likeness (QED) is 0.715. The summed E-state index contributed by atoms with van der Waals surface area (Å²) in [5.41, 5.74) is 4.00. The van der Waals surface area contributed by atoms with Gasteiger partial charge in [0.1, 0.15) is 11.5 Å². The molecule has 1 atom stereocenters. The summed E-state index contributed by atoms with van der Waals surface area (Å²) in [7, 11) is 3.18. The first-order valence-corrected chi connectivity index (χ1v) is 9.62. The first-order valence-electron chi connectivity index (χ1n) is 9.62. The first kappa shape index (κ1) is 18.9. The second-order valence-corrected chi connectivity index (χ2v) is 7.13. The van der Waals surface area contributed by atoms with Crippen LogP contribution in [0.1, 0.15) is 22.9 Å². The van der Waals surface area contributed by atoms with E-state index < -0.39 is 0 Å². The van der Waals surface area contributed by atoms with E-state index in [0.717, 1.165) is 17.8 Å². The number of nitrogens with zero attached hydrogens (tertiary/aromatic N) is 2. The number of methoxy groups -OCH3 is 2. The molecule has 3 aromatic rings. The van der Waals surface area contributed by atoms with Crippen molar-refractivity contribution in [1.29, 1.82) is 0 Å². The highest BCUT2D eigenvalue weighted by Crippen LogP contribution is 2.34. The zero-order valence-corrected chi connectivity index (χ0v) is 16.9. The standard InChI is InChI=1S/C23H25N3O3/c1-16-6-8-17(9-7-16)22-20-5-4-12-25(20)13-14-26(22)23(27)24-19-11-10-18(28-2)15-21(19)29-3/h4-12,15,22H,13-14H2,1-3H3,(H,24,27)/t22-/m0/s1. The molecular weight excluding hydrogens is 366 g/mol. The van der Waals surface area contributed by atoms with E-state index >= 15 is 0 Å². The summed E-state index contributed by atoms with van der Waals surface area (Å²) in [6, 6.07) is 17.5. The molecule has 2 heterocycles. The molecule has 1 aliphatic rings. The third-order valence-corrected chi connectivity index (χ3v) is 5.34. The van der Waals surface area contributed by atoms with Gasteiger partial charge in [0, 0.05) is 31.0 Å². The lowest BCUT2D eigenvalue weighted by Gasteiger charge is -2.37. The second kappa shape index (κ2) is 7.91. The van der Waals surface area contributed by atoms with Crippen LogP contribution in [0.4, 0.5) is 10.5 Å². The van der Waals surface area contributed by atoms with E-state index in [-0.39, 0.29) is 12.1 Å². The van der Waals surface area contributed by atoms with Gasteiger partial charge in [0.05, 0.1) is 25.9 Å². The highest BCUT2D eigenvalue weighted by atomic mass is 16.5. The number of hydrogen-bond acceptors (Lipinski definition) is 3. The monoisotopic (exact) mass is 391 g/mol. The lowest BCUT2D eigenvalue weighted by atomic mass is 9.99. The Morgan fingerprint density at radius 3 is 2.55 bits per heavy atom. The lowest BCUT2D eigenvalue weighted by Crippen LogP contribution is -2.44. The zero-order chi connectivity index (χ0) is 20.4. The SMILES string of the molecule is COc1ccc(NC(=O)N2CCn3cccc3[C@@H]2c2ccc(C)cc2)c(OC)c1. The van der Waals surface area contributed by atoms with Crippen molar-refractivity contribution in [3.63, 3.8) is 0 Å². The molecule has 0 radical (unpaired) electrons. The predicted octanol–water partition coefficient (Wildman–Crippen LogP) is 4.45. The highest BCUT2D eigenvalue weighted by Gasteiger charge is 2.32. The molecule has 1 aromatic heterocycles. The van der Waals surface area contributed by atoms with E-state index in [1.807, 2.05) is 11.0 Å². The third kappa shape index (κ3) is 3.66. The molecule has 1 N–H and O–H groups in total. The van der Waals surface area contributed by atoms with Crippen molar-refractivity contribution in [2.75, 3.05) is 26.1 Å². The highest BCUT2D eigenvalue weighted by molar-refractivity contribution is 5.91. The van der Waals surface area contributed by atoms with Crippen LogP contribution in [0, 0.1) is 6.92 Å². The van der Waals surface area contributed by atoms with Crippen molar-refractivity contribution in [2.24, 2.45) is 0 Å². The van der Waals surface area contributed by atoms with Crippen molar-refractivity contribution >= 4 is 11.7 Å². The number of carbonyl (C=O) groups excluding carboxylic acids is 1. The average Bonchev–Trinajstić information content (AvgIpc) is 3.23. The van der Waals surface area contributed by atoms with Crippen LogP contribution in [0.25, 0.3) is 0 Å². The molecule has 0 fully saturated rings. The molecule has 0 unspecified atom stereocenters. The van der Waals surface area contributed by atoms with Gasteiger partial charge in [0.2, 0.25) is 0 Å². The molecule has 1 aliphatic heterocycles. The van der Waals surface area contributed by atoms with Gasteiger partial charge in [-0.1, -0.05) is 29.8 Å². The molecule has 0 bridgehead atoms. The first-order chi connectivity index (χ1) is 14.1. The van der Waals surface area contributed by atoms with E-state index in [2.05, 4.69) is 53.3 Å². The van der Waals surface area contributed by atoms with Gasteiger partial charge in [0.25, 0.3) is 0 Å². The maximum absolute atomic E-state index is 13.3. The number of hydrogen-bond donors (Lipinski definition) is 1. The minimum absolute atomic E-state index is 0.149. The Bertz CT molecular complexity index is 1010. The fourth-order valence-corrected chi connectivity index (χ4v) is 3.79. The predicted molar refractivity (Wildman–Crippen MR) is 113 cm³/mol. The minimum Gasteiger partial charge on any atom is -0.497 e. The Kier molecular flexibility index (Phi) is 5.16. The van der Waals surface area contributed by atoms with Gasteiger partial charge in [-0.3, -0.25) is 0 Å². The number of amides is 2. The molecule has 0 aliphatic carbocycles. The number of rotatable bonds is 4. The number of benzene rings is 2. The molecule has 2 amide bonds. The zero-order valence-electron chi connectivity index (χ0n) is 16.9. The maximum Gasteiger partial charge on any atom is 0.322 e. The summed E-state index contributed by atoms with van der Waals surface area (Å²) < 4.78 is 12.9. The number of urea groups is 1. The maximum atomic E-state index is 13.3. The van der Waals surface area contributed by atoms with Crippen LogP contribution < -0.4 is 14.8 Å². The largest absolute Gasteiger partial charge is 0.497 e. The molecule has 6 nitrogen and oxygen atoms in total. The van der Waals surface area contributed by atoms with Gasteiger partial charge in [-0.25, -0.2) is 4.79 Å². The molecule has 0 saturated carbocycles. The number of carbonyl (C=O) groups is 1. The summed E-state index contributed by atoms with van der Waals surface area (Å²) in [6.45, 7) is 3.44. The molecule has 0 saturated heterocycles. The number of anilines is 1. The molecule has 150 valence electrons. The van der Waals surface area contributed by atoms with E-state index in [1.165, 1.54) is 5.56 Å². The van der Waals surface area contributed by atoms with E-state index in [1.54, 1.807) is 32.4 Å². The van der Waals surface area contributed by atoms with Gasteiger partial charge in [0.15, 0.2) is 0 Å². The summed E-state index contributed by atoms with van der Waals surface area (Å²) in [4.78, 5) is 15.2. The van der Waals surface area contributed by atoms with Gasteiger partial charge >= 0.3 is 6.03 Å². The summed E-state index contributed by atoms with van der Waals surface area (Å²) in [5, 5.41) is 3.01. The summed E-state index contributed by atoms with van der Waals surface area (Å²) >= 11 is 0. The number of aromatic nitrogens is 1. The van der Waals surface area contributed by atoms with Crippen LogP contribution in [0.5, 0.6) is 11.5 Å². The van der Waals surface area contributed by atoms with Crippen molar-refractivity contribution in [2.45, 2.75) is 19.5 Å². The number of aryl methyl sites for hydroxylation is 1. The van der Waals surface area contributed by atoms with Crippen molar-refractivity contribution < 1.29 is 14.3 Å². The van der Waals surface area contributed by atoms with Gasteiger partial charge in [-0.05, 0) is 36.8 Å². The van der Waals surface area contributed by atoms with Crippen molar-refractivity contribution in [3.05, 3.63) is 77.6 Å². The van der Waals surface area contributed by atoms with Crippen molar-refractivity contribution in [1.82, 2.24) is 9.47 Å². The average molecular weight is 391 g/mol. The smallest absolute Gasteiger partial charge is 0.322 e. The molecule has 0 spiro atoms. The van der Waals surface area contributed by atoms with Crippen LogP contribution in [0.15, 0.2) is 60.8 Å². The van der Waals surface area contributed by atoms with E-state index in [9.17, 15) is 4.79 Å². The van der Waals surface area contributed by atoms with Crippen molar-refractivity contribution in [3.8, 4) is 11.5 Å². The second-order valence-electron chi connectivity index (χ2n) is 7.13. The van der Waals surface area contributed by atoms with E-state index in [0.29, 0.717) is 23.7 Å². The van der Waals surface area contributed by atoms with Gasteiger partial charge in [-0.15, -0.1) is 0 Å². The molecule has 2 aromatic carbocycles. The normalized spacial score (nSPS) is 15.6. The third-order valence-electron chi connectivity index (χ3n) is 5.34. The molecule has 29 heavy (non-hydrogen) atoms. The Hall–Kier alpha value is -3.41. The fraction of sp³-hybridized carbons (Fsp3) is 0.261. The van der Waals surface area contributed by atoms with Crippen LogP contribution in [-0.4, -0.2) is 36.3 Å². The summed E-state index contributed by atoms with van der Waals surface area (Å²) in [6.07, 6.45) is 2.07. The van der Waals surface area contributed by atoms with E-state index in [4.69, 9.17) is 9.47 Å². The Morgan fingerprint density at radius 1 is 1.03 bits per heavy atom. The number of ether oxygens (including phenoxy) is 2. The molecular formula is C23H25N3O3. The van der Waals surface area contributed by atoms with Crippen LogP contribution >= 0.6 is 0 Å². The topological polar surface area (TPSA) is 55.7 Å². The Morgan fingerprint density at radius 2 is 1.83 bits per heavy atom.